The smallest absolute Gasteiger partial charge is 0.326 e. The molecule has 0 bridgehead atoms. The number of aromatic nitrogens is 2. The highest BCUT2D eigenvalue weighted by molar-refractivity contribution is 6.01. The molecule has 0 saturated carbocycles. The second-order valence-electron chi connectivity index (χ2n) is 34.6. The summed E-state index contributed by atoms with van der Waals surface area (Å²) in [5, 5.41) is 64.5. The fraction of sp³-hybridized carbons (Fsp3) is 0.732. The van der Waals surface area contributed by atoms with Crippen molar-refractivity contribution in [3.05, 3.63) is 18.2 Å². The number of aliphatic hydroxyl groups is 1. The summed E-state index contributed by atoms with van der Waals surface area (Å²) in [5.74, 6) is -19.0. The highest BCUT2D eigenvalue weighted by Gasteiger charge is 2.43. The average molecular weight is 1820 g/mol. The lowest BCUT2D eigenvalue weighted by molar-refractivity contribution is -0.143. The van der Waals surface area contributed by atoms with Gasteiger partial charge in [-0.2, -0.15) is 0 Å². The van der Waals surface area contributed by atoms with Gasteiger partial charge in [0.2, 0.25) is 88.6 Å². The number of likely N-dealkylation sites (tertiary alicyclic amines) is 1. The number of aliphatic imine (C=N–C) groups is 2. The van der Waals surface area contributed by atoms with Crippen molar-refractivity contribution in [1.82, 2.24) is 84.0 Å². The van der Waals surface area contributed by atoms with Gasteiger partial charge in [0.1, 0.15) is 84.6 Å². The van der Waals surface area contributed by atoms with Crippen molar-refractivity contribution in [1.29, 1.82) is 0 Å². The summed E-state index contributed by atoms with van der Waals surface area (Å²) in [4.78, 5) is 254. The molecule has 0 aliphatic carbocycles. The Morgan fingerprint density at radius 1 is 0.445 bits per heavy atom. The zero-order valence-corrected chi connectivity index (χ0v) is 76.1. The largest absolute Gasteiger partial charge is 0.481 e. The first-order valence-corrected chi connectivity index (χ1v) is 44.0. The number of carboxylic acid groups (broad SMARTS) is 2. The van der Waals surface area contributed by atoms with Gasteiger partial charge in [-0.1, -0.05) is 89.5 Å². The third-order valence-electron chi connectivity index (χ3n) is 20.8. The van der Waals surface area contributed by atoms with Crippen LogP contribution in [0, 0.1) is 35.5 Å². The molecule has 15 amide bonds. The number of rotatable bonds is 63. The normalized spacial score (nSPS) is 16.1. The molecule has 16 atom stereocenters. The summed E-state index contributed by atoms with van der Waals surface area (Å²) < 4.78 is 0. The second-order valence-corrected chi connectivity index (χ2v) is 34.6. The summed E-state index contributed by atoms with van der Waals surface area (Å²) in [6, 6.07) is -21.9. The van der Waals surface area contributed by atoms with Gasteiger partial charge in [0.25, 0.3) is 0 Å². The highest BCUT2D eigenvalue weighted by Crippen LogP contribution is 2.23. The fourth-order valence-corrected chi connectivity index (χ4v) is 14.0. The van der Waals surface area contributed by atoms with Gasteiger partial charge in [-0.3, -0.25) is 86.7 Å². The Kier molecular flexibility index (Phi) is 51.8. The average Bonchev–Trinajstić information content (AvgIpc) is 1.66. The minimum absolute atomic E-state index is 0.00701. The van der Waals surface area contributed by atoms with Crippen LogP contribution in [-0.2, 0) is 87.9 Å². The number of aliphatic hydroxyl groups excluding tert-OH is 1. The lowest BCUT2D eigenvalue weighted by Crippen LogP contribution is -2.61. The Labute approximate surface area is 747 Å². The Bertz CT molecular complexity index is 3840. The van der Waals surface area contributed by atoms with Gasteiger partial charge in [-0.25, -0.2) is 9.78 Å². The number of guanidine groups is 2. The van der Waals surface area contributed by atoms with Crippen LogP contribution >= 0.6 is 0 Å². The van der Waals surface area contributed by atoms with E-state index in [1.54, 1.807) is 83.1 Å². The summed E-state index contributed by atoms with van der Waals surface area (Å²) in [6.45, 7) is 20.2. The van der Waals surface area contributed by atoms with Gasteiger partial charge < -0.3 is 140 Å². The predicted molar refractivity (Wildman–Crippen MR) is 473 cm³/mol. The van der Waals surface area contributed by atoms with E-state index in [4.69, 9.17) is 45.9 Å². The van der Waals surface area contributed by atoms with Gasteiger partial charge in [0.05, 0.1) is 31.8 Å². The molecule has 0 radical (unpaired) electrons. The SMILES string of the molecule is CC[C@H](C)[C@H](NC(=O)[C@@H](N)CC(N)=O)C(=O)N[C@@H](CC(C)C)C(=O)N[C@@H](CCCCN)C(=O)N[C@@H](CC(=O)O)C(=O)N[C@@H](CO)C(=O)N[C@@H](CCCCN)C(=O)N[C@@H](CC(C)C)C(=O)N[C@@H](Cc1cnc[nH]1)C(=O)N1CCC[C@H]1C(=O)N[C@@H](CC(C)C)C(=O)N[C@@H](CC(C)C)C(=O)N[C@@H](CCCN=C(N)N)C(=O)N[C@@H](CC(C)C)C(=O)N[C@@H](CCCN=C(N)N)C(=O)O. The molecule has 1 fully saturated rings. The number of nitrogens with two attached hydrogens (primary N) is 8. The lowest BCUT2D eigenvalue weighted by atomic mass is 9.96. The molecule has 0 unspecified atom stereocenters. The van der Waals surface area contributed by atoms with Crippen molar-refractivity contribution in [3.63, 3.8) is 0 Å². The number of aromatic amines is 1. The maximum absolute atomic E-state index is 15.2. The van der Waals surface area contributed by atoms with E-state index in [0.717, 1.165) is 0 Å². The van der Waals surface area contributed by atoms with E-state index >= 15 is 4.79 Å². The Morgan fingerprint density at radius 3 is 1.16 bits per heavy atom. The second kappa shape index (κ2) is 58.8. The number of carbonyl (C=O) groups is 17. The number of nitrogens with zero attached hydrogens (tertiary/aromatic N) is 4. The number of primary amides is 1. The zero-order chi connectivity index (χ0) is 96.8. The minimum Gasteiger partial charge on any atom is -0.481 e. The highest BCUT2D eigenvalue weighted by atomic mass is 16.4. The maximum Gasteiger partial charge on any atom is 0.326 e. The zero-order valence-electron chi connectivity index (χ0n) is 76.1. The van der Waals surface area contributed by atoms with E-state index in [0.29, 0.717) is 25.0 Å². The fourth-order valence-electron chi connectivity index (χ4n) is 14.0. The Balaban J connectivity index is 2.55. The number of amides is 15. The van der Waals surface area contributed by atoms with Crippen LogP contribution in [0.15, 0.2) is 22.5 Å². The van der Waals surface area contributed by atoms with E-state index in [9.17, 15) is 92.0 Å². The van der Waals surface area contributed by atoms with Crippen molar-refractivity contribution < 1.29 is 96.8 Å². The molecule has 46 heteroatoms. The van der Waals surface area contributed by atoms with Gasteiger partial charge in [0, 0.05) is 37.9 Å². The van der Waals surface area contributed by atoms with Gasteiger partial charge >= 0.3 is 11.9 Å². The summed E-state index contributed by atoms with van der Waals surface area (Å²) in [6.07, 6.45) is 2.46. The maximum atomic E-state index is 15.2. The van der Waals surface area contributed by atoms with Crippen molar-refractivity contribution >= 4 is 112 Å². The van der Waals surface area contributed by atoms with Crippen LogP contribution in [-0.4, -0.2) is 273 Å². The number of unbranched alkanes of at least 4 members (excludes halogenated alkanes) is 2. The molecule has 33 N–H and O–H groups in total. The van der Waals surface area contributed by atoms with Gasteiger partial charge in [-0.15, -0.1) is 0 Å². The molecule has 1 aliphatic heterocycles. The lowest BCUT2D eigenvalue weighted by Gasteiger charge is -2.31. The van der Waals surface area contributed by atoms with Crippen LogP contribution in [0.5, 0.6) is 0 Å². The molecule has 46 nitrogen and oxygen atoms in total. The van der Waals surface area contributed by atoms with E-state index in [-0.39, 0.29) is 177 Å². The first kappa shape index (κ1) is 113. The van der Waals surface area contributed by atoms with Crippen molar-refractivity contribution in [3.8, 4) is 0 Å². The van der Waals surface area contributed by atoms with Crippen LogP contribution in [0.25, 0.3) is 0 Å². The molecule has 1 aromatic heterocycles. The van der Waals surface area contributed by atoms with Crippen LogP contribution in [0.3, 0.4) is 0 Å². The molecule has 2 rings (SSSR count). The van der Waals surface area contributed by atoms with E-state index in [1.165, 1.54) is 17.4 Å². The number of nitrogens with one attached hydrogen (secondary N) is 14. The van der Waals surface area contributed by atoms with E-state index in [1.807, 2.05) is 0 Å². The Morgan fingerprint density at radius 2 is 0.797 bits per heavy atom. The molecule has 128 heavy (non-hydrogen) atoms. The van der Waals surface area contributed by atoms with Crippen LogP contribution in [0.4, 0.5) is 0 Å². The molecular formula is C82H146N26O20. The quantitative estimate of drug-likeness (QED) is 0.0164. The first-order chi connectivity index (χ1) is 60.2. The molecule has 0 aromatic carbocycles. The van der Waals surface area contributed by atoms with Gasteiger partial charge in [-0.05, 0) is 158 Å². The molecule has 1 saturated heterocycles. The van der Waals surface area contributed by atoms with Gasteiger partial charge in [0.15, 0.2) is 11.9 Å². The number of aliphatic carboxylic acids is 2. The third kappa shape index (κ3) is 42.9. The molecular weight excluding hydrogens is 1670 g/mol. The van der Waals surface area contributed by atoms with Crippen molar-refractivity contribution in [2.45, 2.75) is 309 Å². The minimum atomic E-state index is -2.00. The van der Waals surface area contributed by atoms with Crippen molar-refractivity contribution in [2.24, 2.45) is 91.4 Å². The molecule has 2 heterocycles. The van der Waals surface area contributed by atoms with Crippen LogP contribution < -0.4 is 115 Å². The molecule has 0 spiro atoms. The number of hydrogen-bond acceptors (Lipinski definition) is 24. The summed E-state index contributed by atoms with van der Waals surface area (Å²) >= 11 is 0. The molecule has 1 aliphatic rings. The standard InChI is InChI=1S/C82H146N26O20/c1-13-47(12)65(107-66(113)49(85)37-63(86)110)78(125)104-58(35-46(10)11)71(118)95-50(21-14-16-26-83)68(115)102-59(38-64(111)112)75(122)106-61(40-109)76(123)97-51(22-15-17-27-84)67(114)100-56(33-44(6)7)74(121)105-60(36-48-39-91-41-94-48)79(126)108-30-20-25-62(108)77(124)103-57(34-45(8)9)73(120)101-54(31-42(2)3)70(117)96-52(23-18-28-92-81(87)88)69(116)99-55(32-43(4)5)72(119)98-53(80(127)128)24-19-29-93-82(89)90/h39,41-47,49-62,65,109H,13-38,40,83-85H2,1-12H3,(H2,86,110)(H,91,94)(H,95,118)(H,96,117)(H,97,123)(H,98,119)(H,99,116)(H,100,114)(H,101,120)(H,102,115)(H,103,124)(H,104,125)(H,105,121)(H,106,122)(H,107,113)(H,111,112)(H,127,128)(H4,87,88,92)(H4,89,90,93)/t47-,49-,50-,51-,52-,53-,54-,55-,56-,57-,58-,59-,60-,61-,62-,65-/m0/s1. The van der Waals surface area contributed by atoms with Crippen LogP contribution in [0.1, 0.15) is 217 Å². The van der Waals surface area contributed by atoms with Crippen LogP contribution in [0.2, 0.25) is 0 Å². The monoisotopic (exact) mass is 1820 g/mol. The summed E-state index contributed by atoms with van der Waals surface area (Å²) in [5.41, 5.74) is 45.1. The summed E-state index contributed by atoms with van der Waals surface area (Å²) in [7, 11) is 0. The number of H-pyrrole nitrogens is 1. The van der Waals surface area contributed by atoms with Crippen molar-refractivity contribution in [2.75, 3.05) is 39.3 Å². The molecule has 1 aromatic rings. The number of carboxylic acids is 2. The Hall–Kier alpha value is -11.4. The topological polar surface area (TPSA) is 772 Å². The first-order valence-electron chi connectivity index (χ1n) is 44.0. The van der Waals surface area contributed by atoms with E-state index in [2.05, 4.69) is 89.1 Å². The number of imidazole rings is 1. The number of hydrogen-bond donors (Lipinski definition) is 25. The van der Waals surface area contributed by atoms with E-state index < -0.39 is 217 Å². The molecule has 724 valence electrons. The third-order valence-corrected chi connectivity index (χ3v) is 20.8. The number of carbonyl (C=O) groups excluding carboxylic acids is 15. The predicted octanol–water partition coefficient (Wildman–Crippen LogP) is -5.36.